The Labute approximate surface area is 203 Å². The Morgan fingerprint density at radius 3 is 2.60 bits per heavy atom. The van der Waals surface area contributed by atoms with Gasteiger partial charge in [-0.25, -0.2) is 4.39 Å². The number of nitrogens with one attached hydrogen (secondary N) is 1. The number of aryl methyl sites for hydroxylation is 2. The van der Waals surface area contributed by atoms with E-state index in [4.69, 9.17) is 0 Å². The minimum absolute atomic E-state index is 0.114. The van der Waals surface area contributed by atoms with E-state index in [0.717, 1.165) is 22.5 Å². The van der Waals surface area contributed by atoms with E-state index in [2.05, 4.69) is 10.4 Å². The number of aromatic nitrogens is 2. The Morgan fingerprint density at radius 1 is 1.20 bits per heavy atom. The molecule has 0 fully saturated rings. The number of aliphatic hydroxyl groups is 1. The van der Waals surface area contributed by atoms with Crippen LogP contribution in [-0.4, -0.2) is 44.8 Å². The molecule has 0 saturated heterocycles. The maximum absolute atomic E-state index is 13.5. The second-order valence-corrected chi connectivity index (χ2v) is 9.08. The minimum atomic E-state index is -0.517. The summed E-state index contributed by atoms with van der Waals surface area (Å²) in [5.74, 6) is -1.28. The third kappa shape index (κ3) is 5.33. The highest BCUT2D eigenvalue weighted by Gasteiger charge is 2.31. The highest BCUT2D eigenvalue weighted by molar-refractivity contribution is 6.07. The number of amides is 2. The number of nitrogens with zero attached hydrogens (tertiary/aromatic N) is 3. The number of halogens is 1. The van der Waals surface area contributed by atoms with Crippen LogP contribution in [0.25, 0.3) is 11.3 Å². The van der Waals surface area contributed by atoms with Crippen LogP contribution < -0.4 is 5.32 Å². The van der Waals surface area contributed by atoms with Gasteiger partial charge in [0, 0.05) is 48.1 Å². The lowest BCUT2D eigenvalue weighted by molar-refractivity contribution is -0.128. The van der Waals surface area contributed by atoms with E-state index in [1.54, 1.807) is 37.0 Å². The van der Waals surface area contributed by atoms with Crippen molar-refractivity contribution >= 4 is 17.5 Å². The van der Waals surface area contributed by atoms with Crippen molar-refractivity contribution in [3.8, 4) is 11.3 Å². The standard InChI is InChI=1S/C27H29FN4O3/c1-16-5-6-20(25-11-17(2)32(30-25)14-18(3)33)12-24(16)29-27(35)23-15-31(4)26(34)13-22(23)19-7-9-21(28)10-8-19/h5-12,15,18,22,33H,13-14H2,1-4H3,(H,29,35)/t18-,22-/m0/s1. The van der Waals surface area contributed by atoms with Crippen LogP contribution in [0.1, 0.15) is 36.1 Å². The van der Waals surface area contributed by atoms with Crippen LogP contribution in [0.2, 0.25) is 0 Å². The van der Waals surface area contributed by atoms with Crippen molar-refractivity contribution < 1.29 is 19.1 Å². The van der Waals surface area contributed by atoms with Gasteiger partial charge in [0.15, 0.2) is 0 Å². The summed E-state index contributed by atoms with van der Waals surface area (Å²) in [6.07, 6.45) is 1.16. The molecule has 2 N–H and O–H groups in total. The van der Waals surface area contributed by atoms with Gasteiger partial charge in [-0.2, -0.15) is 5.10 Å². The van der Waals surface area contributed by atoms with Crippen LogP contribution in [0.4, 0.5) is 10.1 Å². The molecule has 0 spiro atoms. The first-order valence-electron chi connectivity index (χ1n) is 11.5. The number of hydrogen-bond donors (Lipinski definition) is 2. The Balaban J connectivity index is 1.63. The van der Waals surface area contributed by atoms with Crippen molar-refractivity contribution in [2.45, 2.75) is 45.8 Å². The number of anilines is 1. The zero-order valence-corrected chi connectivity index (χ0v) is 20.2. The summed E-state index contributed by atoms with van der Waals surface area (Å²) in [4.78, 5) is 27.2. The van der Waals surface area contributed by atoms with Gasteiger partial charge >= 0.3 is 0 Å². The van der Waals surface area contributed by atoms with Crippen molar-refractivity contribution in [2.24, 2.45) is 0 Å². The Morgan fingerprint density at radius 2 is 1.91 bits per heavy atom. The molecule has 3 aromatic rings. The molecular formula is C27H29FN4O3. The second-order valence-electron chi connectivity index (χ2n) is 9.08. The fourth-order valence-corrected chi connectivity index (χ4v) is 4.21. The first-order valence-corrected chi connectivity index (χ1v) is 11.5. The highest BCUT2D eigenvalue weighted by Crippen LogP contribution is 2.34. The molecule has 0 aliphatic carbocycles. The lowest BCUT2D eigenvalue weighted by Crippen LogP contribution is -2.33. The average Bonchev–Trinajstić information content (AvgIpc) is 3.16. The lowest BCUT2D eigenvalue weighted by atomic mass is 9.85. The second kappa shape index (κ2) is 9.84. The molecule has 1 aliphatic rings. The molecular weight excluding hydrogens is 447 g/mol. The maximum Gasteiger partial charge on any atom is 0.253 e. The van der Waals surface area contributed by atoms with Crippen molar-refractivity contribution in [1.82, 2.24) is 14.7 Å². The number of carbonyl (C=O) groups is 2. The van der Waals surface area contributed by atoms with Gasteiger partial charge in [-0.05, 0) is 56.2 Å². The quantitative estimate of drug-likeness (QED) is 0.559. The molecule has 1 aliphatic heterocycles. The molecule has 0 bridgehead atoms. The summed E-state index contributed by atoms with van der Waals surface area (Å²) in [6, 6.07) is 13.5. The lowest BCUT2D eigenvalue weighted by Gasteiger charge is -2.28. The maximum atomic E-state index is 13.5. The molecule has 182 valence electrons. The highest BCUT2D eigenvalue weighted by atomic mass is 19.1. The molecule has 2 atom stereocenters. The van der Waals surface area contributed by atoms with Crippen LogP contribution in [-0.2, 0) is 16.1 Å². The van der Waals surface area contributed by atoms with Gasteiger partial charge in [-0.1, -0.05) is 24.3 Å². The number of rotatable bonds is 6. The molecule has 2 heterocycles. The van der Waals surface area contributed by atoms with Gasteiger partial charge in [0.25, 0.3) is 5.91 Å². The molecule has 7 nitrogen and oxygen atoms in total. The molecule has 0 radical (unpaired) electrons. The van der Waals surface area contributed by atoms with E-state index in [-0.39, 0.29) is 24.1 Å². The Kier molecular flexibility index (Phi) is 6.84. The van der Waals surface area contributed by atoms with Gasteiger partial charge in [0.1, 0.15) is 5.82 Å². The van der Waals surface area contributed by atoms with Crippen LogP contribution in [0.3, 0.4) is 0 Å². The zero-order chi connectivity index (χ0) is 25.3. The van der Waals surface area contributed by atoms with Crippen molar-refractivity contribution in [3.63, 3.8) is 0 Å². The van der Waals surface area contributed by atoms with Crippen molar-refractivity contribution in [3.05, 3.63) is 82.9 Å². The van der Waals surface area contributed by atoms with Crippen LogP contribution in [0.5, 0.6) is 0 Å². The van der Waals surface area contributed by atoms with E-state index in [1.165, 1.54) is 17.0 Å². The SMILES string of the molecule is Cc1ccc(-c2cc(C)n(C[C@H](C)O)n2)cc1NC(=O)C1=CN(C)C(=O)C[C@H]1c1ccc(F)cc1. The van der Waals surface area contributed by atoms with Crippen LogP contribution >= 0.6 is 0 Å². The van der Waals surface area contributed by atoms with E-state index >= 15 is 0 Å². The number of hydrogen-bond acceptors (Lipinski definition) is 4. The molecule has 0 unspecified atom stereocenters. The molecule has 8 heteroatoms. The Hall–Kier alpha value is -3.78. The smallest absolute Gasteiger partial charge is 0.253 e. The molecule has 2 aromatic carbocycles. The normalized spacial score (nSPS) is 16.7. The predicted octanol–water partition coefficient (Wildman–Crippen LogP) is 4.16. The van der Waals surface area contributed by atoms with Gasteiger partial charge in [-0.3, -0.25) is 14.3 Å². The fraction of sp³-hybridized carbons (Fsp3) is 0.296. The third-order valence-electron chi connectivity index (χ3n) is 6.21. The van der Waals surface area contributed by atoms with E-state index in [9.17, 15) is 19.1 Å². The van der Waals surface area contributed by atoms with E-state index in [0.29, 0.717) is 23.4 Å². The fourth-order valence-electron chi connectivity index (χ4n) is 4.21. The minimum Gasteiger partial charge on any atom is -0.391 e. The Bertz CT molecular complexity index is 1290. The first kappa shape index (κ1) is 24.3. The summed E-state index contributed by atoms with van der Waals surface area (Å²) in [6.45, 7) is 5.94. The zero-order valence-electron chi connectivity index (χ0n) is 20.2. The van der Waals surface area contributed by atoms with E-state index in [1.807, 2.05) is 38.1 Å². The first-order chi connectivity index (χ1) is 16.6. The predicted molar refractivity (Wildman–Crippen MR) is 132 cm³/mol. The van der Waals surface area contributed by atoms with Gasteiger partial charge in [0.2, 0.25) is 5.91 Å². The van der Waals surface area contributed by atoms with E-state index < -0.39 is 12.0 Å². The third-order valence-corrected chi connectivity index (χ3v) is 6.21. The largest absolute Gasteiger partial charge is 0.391 e. The van der Waals surface area contributed by atoms with Crippen molar-refractivity contribution in [2.75, 3.05) is 12.4 Å². The molecule has 1 aromatic heterocycles. The van der Waals surface area contributed by atoms with Gasteiger partial charge in [-0.15, -0.1) is 0 Å². The number of aliphatic hydroxyl groups excluding tert-OH is 1. The monoisotopic (exact) mass is 476 g/mol. The summed E-state index contributed by atoms with van der Waals surface area (Å²) in [5.41, 5.74) is 5.15. The number of benzene rings is 2. The number of carbonyl (C=O) groups excluding carboxylic acids is 2. The molecule has 0 saturated carbocycles. The summed E-state index contributed by atoms with van der Waals surface area (Å²) < 4.78 is 15.2. The average molecular weight is 477 g/mol. The topological polar surface area (TPSA) is 87.5 Å². The summed E-state index contributed by atoms with van der Waals surface area (Å²) in [5, 5.41) is 17.3. The van der Waals surface area contributed by atoms with Crippen LogP contribution in [0, 0.1) is 19.7 Å². The summed E-state index contributed by atoms with van der Waals surface area (Å²) in [7, 11) is 1.62. The van der Waals surface area contributed by atoms with Gasteiger partial charge in [0.05, 0.1) is 18.3 Å². The molecule has 4 rings (SSSR count). The van der Waals surface area contributed by atoms with Crippen LogP contribution in [0.15, 0.2) is 60.3 Å². The summed E-state index contributed by atoms with van der Waals surface area (Å²) >= 11 is 0. The molecule has 2 amide bonds. The molecule has 35 heavy (non-hydrogen) atoms. The van der Waals surface area contributed by atoms with Gasteiger partial charge < -0.3 is 15.3 Å². The van der Waals surface area contributed by atoms with Crippen molar-refractivity contribution in [1.29, 1.82) is 0 Å².